The van der Waals surface area contributed by atoms with Gasteiger partial charge in [-0.3, -0.25) is 0 Å². The molecule has 0 aromatic heterocycles. The van der Waals surface area contributed by atoms with Gasteiger partial charge < -0.3 is 18.9 Å². The molecule has 3 rings (SSSR count). The summed E-state index contributed by atoms with van der Waals surface area (Å²) in [5.41, 5.74) is 0.395. The van der Waals surface area contributed by atoms with E-state index in [0.717, 1.165) is 53.7 Å². The third-order valence-electron chi connectivity index (χ3n) is 5.62. The lowest BCUT2D eigenvalue weighted by Crippen LogP contribution is -2.25. The summed E-state index contributed by atoms with van der Waals surface area (Å²) in [5, 5.41) is 1.91. The molecule has 5 heteroatoms. The number of rotatable bonds is 15. The molecule has 0 radical (unpaired) electrons. The number of fused-ring (bicyclic) bond motifs is 1. The van der Waals surface area contributed by atoms with Crippen LogP contribution in [0.4, 0.5) is 0 Å². The summed E-state index contributed by atoms with van der Waals surface area (Å²) >= 11 is 0. The number of benzene rings is 3. The Hall–Kier alpha value is -3.47. The van der Waals surface area contributed by atoms with Gasteiger partial charge in [-0.1, -0.05) is 75.2 Å². The second kappa shape index (κ2) is 14.1. The summed E-state index contributed by atoms with van der Waals surface area (Å²) in [7, 11) is 0. The number of para-hydroxylation sites is 1. The number of hydrogen-bond acceptors (Lipinski definition) is 5. The fourth-order valence-corrected chi connectivity index (χ4v) is 3.73. The van der Waals surface area contributed by atoms with Crippen LogP contribution in [0.15, 0.2) is 78.9 Å². The Morgan fingerprint density at radius 3 is 2.09 bits per heavy atom. The molecule has 0 N–H and O–H groups in total. The van der Waals surface area contributed by atoms with E-state index in [4.69, 9.17) is 18.9 Å². The van der Waals surface area contributed by atoms with E-state index < -0.39 is 0 Å². The van der Waals surface area contributed by atoms with Crippen molar-refractivity contribution >= 4 is 16.7 Å². The molecule has 0 bridgehead atoms. The number of carbonyl (C=O) groups excluding carboxylic acids is 1. The van der Waals surface area contributed by atoms with Gasteiger partial charge in [0.2, 0.25) is 0 Å². The molecular formula is C30H36O5. The van der Waals surface area contributed by atoms with Crippen molar-refractivity contribution in [2.24, 2.45) is 0 Å². The fourth-order valence-electron chi connectivity index (χ4n) is 3.73. The summed E-state index contributed by atoms with van der Waals surface area (Å²) in [4.78, 5) is 12.1. The maximum atomic E-state index is 12.1. The van der Waals surface area contributed by atoms with E-state index in [9.17, 15) is 4.79 Å². The molecule has 5 nitrogen and oxygen atoms in total. The maximum absolute atomic E-state index is 12.1. The second-order valence-electron chi connectivity index (χ2n) is 8.59. The zero-order valence-electron chi connectivity index (χ0n) is 20.8. The van der Waals surface area contributed by atoms with Crippen LogP contribution < -0.4 is 14.2 Å². The Bertz CT molecular complexity index is 1080. The molecule has 0 spiro atoms. The molecule has 35 heavy (non-hydrogen) atoms. The lowest BCUT2D eigenvalue weighted by molar-refractivity contribution is -0.146. The number of ether oxygens (including phenoxy) is 4. The smallest absolute Gasteiger partial charge is 0.333 e. The number of carbonyl (C=O) groups is 1. The average molecular weight is 477 g/mol. The fraction of sp³-hybridized carbons (Fsp3) is 0.367. The van der Waals surface area contributed by atoms with Gasteiger partial charge >= 0.3 is 5.97 Å². The molecule has 0 aliphatic heterocycles. The van der Waals surface area contributed by atoms with Crippen LogP contribution in [0.2, 0.25) is 0 Å². The molecule has 0 aliphatic carbocycles. The number of hydrogen-bond donors (Lipinski definition) is 0. The number of esters is 1. The van der Waals surface area contributed by atoms with Crippen molar-refractivity contribution < 1.29 is 23.7 Å². The van der Waals surface area contributed by atoms with Crippen LogP contribution in [-0.2, 0) is 9.53 Å². The quantitative estimate of drug-likeness (QED) is 0.133. The summed E-state index contributed by atoms with van der Waals surface area (Å²) in [6.07, 6.45) is 4.88. The highest BCUT2D eigenvalue weighted by atomic mass is 16.6. The first-order chi connectivity index (χ1) is 17.1. The molecular weight excluding hydrogens is 440 g/mol. The van der Waals surface area contributed by atoms with Gasteiger partial charge in [0, 0.05) is 16.3 Å². The monoisotopic (exact) mass is 476 g/mol. The Labute approximate surface area is 208 Å². The van der Waals surface area contributed by atoms with E-state index in [0.29, 0.717) is 25.4 Å². The van der Waals surface area contributed by atoms with Crippen molar-refractivity contribution in [1.29, 1.82) is 0 Å². The minimum absolute atomic E-state index is 0.292. The summed E-state index contributed by atoms with van der Waals surface area (Å²) in [6.45, 7) is 8.70. The van der Waals surface area contributed by atoms with Crippen molar-refractivity contribution in [1.82, 2.24) is 0 Å². The molecule has 0 aliphatic rings. The first-order valence-corrected chi connectivity index (χ1v) is 12.4. The van der Waals surface area contributed by atoms with E-state index in [-0.39, 0.29) is 12.1 Å². The van der Waals surface area contributed by atoms with Crippen molar-refractivity contribution in [3.8, 4) is 17.2 Å². The molecule has 186 valence electrons. The van der Waals surface area contributed by atoms with Crippen LogP contribution in [0.25, 0.3) is 10.8 Å². The molecule has 0 amide bonds. The largest absolute Gasteiger partial charge is 0.490 e. The first kappa shape index (κ1) is 26.1. The molecule has 0 heterocycles. The molecule has 1 unspecified atom stereocenters. The number of unbranched alkanes of at least 4 members (excludes halogenated alkanes) is 3. The molecule has 3 aromatic rings. The zero-order chi connectivity index (χ0) is 24.9. The third-order valence-corrected chi connectivity index (χ3v) is 5.62. The van der Waals surface area contributed by atoms with Crippen molar-refractivity contribution in [2.75, 3.05) is 19.8 Å². The highest BCUT2D eigenvalue weighted by Gasteiger charge is 2.17. The van der Waals surface area contributed by atoms with Crippen molar-refractivity contribution in [2.45, 2.75) is 52.1 Å². The van der Waals surface area contributed by atoms with E-state index in [1.807, 2.05) is 66.7 Å². The highest BCUT2D eigenvalue weighted by Crippen LogP contribution is 2.33. The predicted octanol–water partition coefficient (Wildman–Crippen LogP) is 7.13. The van der Waals surface area contributed by atoms with E-state index in [1.54, 1.807) is 6.92 Å². The van der Waals surface area contributed by atoms with Gasteiger partial charge in [0.25, 0.3) is 0 Å². The molecule has 0 fully saturated rings. The van der Waals surface area contributed by atoms with Gasteiger partial charge in [0.05, 0.1) is 0 Å². The zero-order valence-corrected chi connectivity index (χ0v) is 20.8. The van der Waals surface area contributed by atoms with Gasteiger partial charge in [0.1, 0.15) is 43.2 Å². The van der Waals surface area contributed by atoms with Gasteiger partial charge in [-0.15, -0.1) is 0 Å². The topological polar surface area (TPSA) is 54.0 Å². The van der Waals surface area contributed by atoms with Crippen LogP contribution in [0.1, 0.15) is 46.0 Å². The molecule has 0 saturated carbocycles. The summed E-state index contributed by atoms with van der Waals surface area (Å²) in [5.74, 6) is 1.95. The molecule has 1 atom stereocenters. The third kappa shape index (κ3) is 8.36. The lowest BCUT2D eigenvalue weighted by Gasteiger charge is -2.20. The van der Waals surface area contributed by atoms with Gasteiger partial charge in [-0.2, -0.15) is 0 Å². The Kier molecular flexibility index (Phi) is 10.5. The van der Waals surface area contributed by atoms with Crippen LogP contribution >= 0.6 is 0 Å². The minimum Gasteiger partial charge on any atom is -0.490 e. The Balaban J connectivity index is 1.63. The SMILES string of the molecule is C=C(C)C(=O)OC(CCCCCC)COc1ccc(OCCOc2ccccc2)c2ccccc12. The minimum atomic E-state index is -0.375. The summed E-state index contributed by atoms with van der Waals surface area (Å²) < 4.78 is 23.6. The normalized spacial score (nSPS) is 11.6. The van der Waals surface area contributed by atoms with Gasteiger partial charge in [-0.05, 0) is 44.0 Å². The Morgan fingerprint density at radius 1 is 0.800 bits per heavy atom. The van der Waals surface area contributed by atoms with Crippen molar-refractivity contribution in [3.05, 3.63) is 78.9 Å². The average Bonchev–Trinajstić information content (AvgIpc) is 2.88. The second-order valence-corrected chi connectivity index (χ2v) is 8.59. The van der Waals surface area contributed by atoms with Crippen LogP contribution in [0.5, 0.6) is 17.2 Å². The molecule has 0 saturated heterocycles. The highest BCUT2D eigenvalue weighted by molar-refractivity contribution is 5.93. The first-order valence-electron chi connectivity index (χ1n) is 12.4. The van der Waals surface area contributed by atoms with E-state index in [1.165, 1.54) is 6.42 Å². The predicted molar refractivity (Wildman–Crippen MR) is 140 cm³/mol. The van der Waals surface area contributed by atoms with E-state index in [2.05, 4.69) is 13.5 Å². The lowest BCUT2D eigenvalue weighted by atomic mass is 10.1. The molecule has 3 aromatic carbocycles. The summed E-state index contributed by atoms with van der Waals surface area (Å²) in [6, 6.07) is 21.5. The standard InChI is InChI=1S/C30H36O5/c1-4-5-6-8-15-25(35-30(31)23(2)3)22-34-29-19-18-28(26-16-11-12-17-27(26)29)33-21-20-32-24-13-9-7-10-14-24/h7,9-14,16-19,25H,2,4-6,8,15,20-22H2,1,3H3. The van der Waals surface area contributed by atoms with Gasteiger partial charge in [0.15, 0.2) is 0 Å². The van der Waals surface area contributed by atoms with Crippen molar-refractivity contribution in [3.63, 3.8) is 0 Å². The van der Waals surface area contributed by atoms with Crippen LogP contribution in [0, 0.1) is 0 Å². The maximum Gasteiger partial charge on any atom is 0.333 e. The van der Waals surface area contributed by atoms with E-state index >= 15 is 0 Å². The van der Waals surface area contributed by atoms with Gasteiger partial charge in [-0.25, -0.2) is 4.79 Å². The Morgan fingerprint density at radius 2 is 1.43 bits per heavy atom. The van der Waals surface area contributed by atoms with Crippen LogP contribution in [-0.4, -0.2) is 31.9 Å². The van der Waals surface area contributed by atoms with Crippen LogP contribution in [0.3, 0.4) is 0 Å².